The molecule has 3 nitrogen and oxygen atoms in total. The van der Waals surface area contributed by atoms with E-state index >= 15 is 0 Å². The Kier molecular flexibility index (Phi) is 2.42. The Hall–Kier alpha value is -0.860. The van der Waals surface area contributed by atoms with Crippen molar-refractivity contribution in [3.63, 3.8) is 0 Å². The number of rotatable bonds is 3. The molecule has 56 valence electrons. The highest BCUT2D eigenvalue weighted by molar-refractivity contribution is 5.83. The third-order valence-corrected chi connectivity index (χ3v) is 1.80. The predicted molar refractivity (Wildman–Crippen MR) is 34.4 cm³/mol. The molecule has 1 saturated carbocycles. The van der Waals surface area contributed by atoms with Gasteiger partial charge in [-0.1, -0.05) is 0 Å². The zero-order valence-corrected chi connectivity index (χ0v) is 5.71. The second-order valence-electron chi connectivity index (χ2n) is 2.49. The summed E-state index contributed by atoms with van der Waals surface area (Å²) in [6.07, 6.45) is 2.49. The summed E-state index contributed by atoms with van der Waals surface area (Å²) in [4.78, 5) is 20.6. The third-order valence-electron chi connectivity index (χ3n) is 1.80. The van der Waals surface area contributed by atoms with E-state index in [0.717, 1.165) is 12.8 Å². The van der Waals surface area contributed by atoms with Crippen molar-refractivity contribution < 1.29 is 14.3 Å². The molecule has 0 aromatic carbocycles. The van der Waals surface area contributed by atoms with E-state index < -0.39 is 0 Å². The summed E-state index contributed by atoms with van der Waals surface area (Å²) >= 11 is 0. The monoisotopic (exact) mass is 142 g/mol. The molecule has 0 amide bonds. The van der Waals surface area contributed by atoms with Gasteiger partial charge in [0.25, 0.3) is 6.47 Å². The number of ether oxygens (including phenoxy) is 1. The summed E-state index contributed by atoms with van der Waals surface area (Å²) in [6.45, 7) is 0.675. The molecule has 0 aromatic rings. The van der Waals surface area contributed by atoms with Crippen LogP contribution in [0.3, 0.4) is 0 Å². The van der Waals surface area contributed by atoms with Gasteiger partial charge in [-0.2, -0.15) is 0 Å². The average molecular weight is 142 g/mol. The van der Waals surface area contributed by atoms with Crippen LogP contribution in [0.4, 0.5) is 0 Å². The van der Waals surface area contributed by atoms with Crippen LogP contribution in [0.2, 0.25) is 0 Å². The van der Waals surface area contributed by atoms with E-state index in [4.69, 9.17) is 0 Å². The van der Waals surface area contributed by atoms with Gasteiger partial charge in [0.1, 0.15) is 12.4 Å². The van der Waals surface area contributed by atoms with Crippen LogP contribution in [0.1, 0.15) is 19.3 Å². The summed E-state index contributed by atoms with van der Waals surface area (Å²) in [7, 11) is 0. The van der Waals surface area contributed by atoms with Gasteiger partial charge in [-0.15, -0.1) is 0 Å². The first kappa shape index (κ1) is 7.25. The van der Waals surface area contributed by atoms with Gasteiger partial charge in [-0.3, -0.25) is 9.59 Å². The lowest BCUT2D eigenvalue weighted by Crippen LogP contribution is -2.13. The molecule has 0 N–H and O–H groups in total. The number of hydrogen-bond donors (Lipinski definition) is 0. The van der Waals surface area contributed by atoms with Gasteiger partial charge in [0.15, 0.2) is 0 Å². The molecule has 10 heavy (non-hydrogen) atoms. The molecule has 3 heteroatoms. The van der Waals surface area contributed by atoms with Gasteiger partial charge in [0.2, 0.25) is 0 Å². The van der Waals surface area contributed by atoms with Crippen LogP contribution in [0.15, 0.2) is 0 Å². The summed E-state index contributed by atoms with van der Waals surface area (Å²) in [5.41, 5.74) is 0. The second kappa shape index (κ2) is 3.34. The maximum atomic E-state index is 10.9. The SMILES string of the molecule is O=COCC1CCCC1=O. The lowest BCUT2D eigenvalue weighted by molar-refractivity contribution is -0.132. The minimum Gasteiger partial charge on any atom is -0.467 e. The zero-order valence-electron chi connectivity index (χ0n) is 5.71. The molecule has 1 aliphatic rings. The van der Waals surface area contributed by atoms with Crippen LogP contribution in [-0.2, 0) is 14.3 Å². The van der Waals surface area contributed by atoms with Crippen LogP contribution in [0, 0.1) is 5.92 Å². The van der Waals surface area contributed by atoms with E-state index in [9.17, 15) is 9.59 Å². The van der Waals surface area contributed by atoms with E-state index in [1.807, 2.05) is 0 Å². The molecule has 0 aliphatic heterocycles. The summed E-state index contributed by atoms with van der Waals surface area (Å²) in [5, 5.41) is 0. The first-order valence-electron chi connectivity index (χ1n) is 3.42. The summed E-state index contributed by atoms with van der Waals surface area (Å²) in [6, 6.07) is 0. The number of hydrogen-bond acceptors (Lipinski definition) is 3. The van der Waals surface area contributed by atoms with Crippen molar-refractivity contribution in [3.8, 4) is 0 Å². The van der Waals surface area contributed by atoms with Crippen molar-refractivity contribution in [1.82, 2.24) is 0 Å². The number of carbonyl (C=O) groups is 2. The van der Waals surface area contributed by atoms with E-state index in [-0.39, 0.29) is 18.3 Å². The lowest BCUT2D eigenvalue weighted by atomic mass is 10.1. The van der Waals surface area contributed by atoms with Gasteiger partial charge in [-0.25, -0.2) is 0 Å². The van der Waals surface area contributed by atoms with Gasteiger partial charge in [0.05, 0.1) is 5.92 Å². The molecule has 1 unspecified atom stereocenters. The smallest absolute Gasteiger partial charge is 0.293 e. The molecular weight excluding hydrogens is 132 g/mol. The van der Waals surface area contributed by atoms with Crippen LogP contribution >= 0.6 is 0 Å². The fraction of sp³-hybridized carbons (Fsp3) is 0.714. The Morgan fingerprint density at radius 2 is 2.50 bits per heavy atom. The highest BCUT2D eigenvalue weighted by atomic mass is 16.5. The molecule has 1 aliphatic carbocycles. The van der Waals surface area contributed by atoms with Crippen molar-refractivity contribution in [1.29, 1.82) is 0 Å². The fourth-order valence-electron chi connectivity index (χ4n) is 1.22. The number of Topliss-reactive ketones (excluding diaryl/α,β-unsaturated/α-hetero) is 1. The van der Waals surface area contributed by atoms with Crippen LogP contribution in [0.5, 0.6) is 0 Å². The minimum absolute atomic E-state index is 0.00907. The van der Waals surface area contributed by atoms with Crippen molar-refractivity contribution in [3.05, 3.63) is 0 Å². The molecule has 0 aromatic heterocycles. The Labute approximate surface area is 59.4 Å². The molecular formula is C7H10O3. The molecule has 1 atom stereocenters. The van der Waals surface area contributed by atoms with Crippen LogP contribution in [-0.4, -0.2) is 18.9 Å². The van der Waals surface area contributed by atoms with E-state index in [1.54, 1.807) is 0 Å². The maximum absolute atomic E-state index is 10.9. The van der Waals surface area contributed by atoms with Crippen LogP contribution < -0.4 is 0 Å². The van der Waals surface area contributed by atoms with Crippen LogP contribution in [0.25, 0.3) is 0 Å². The van der Waals surface area contributed by atoms with Crippen molar-refractivity contribution >= 4 is 12.3 Å². The van der Waals surface area contributed by atoms with E-state index in [2.05, 4.69) is 4.74 Å². The molecule has 0 radical (unpaired) electrons. The topological polar surface area (TPSA) is 43.4 Å². The summed E-state index contributed by atoms with van der Waals surface area (Å²) in [5.74, 6) is 0.229. The first-order valence-corrected chi connectivity index (χ1v) is 3.42. The largest absolute Gasteiger partial charge is 0.467 e. The van der Waals surface area contributed by atoms with Gasteiger partial charge >= 0.3 is 0 Å². The van der Waals surface area contributed by atoms with Crippen molar-refractivity contribution in [2.24, 2.45) is 5.92 Å². The second-order valence-corrected chi connectivity index (χ2v) is 2.49. The standard InChI is InChI=1S/C7H10O3/c8-5-10-4-6-2-1-3-7(6)9/h5-6H,1-4H2. The normalized spacial score (nSPS) is 24.8. The van der Waals surface area contributed by atoms with E-state index in [0.29, 0.717) is 12.9 Å². The van der Waals surface area contributed by atoms with Crippen molar-refractivity contribution in [2.75, 3.05) is 6.61 Å². The Bertz CT molecular complexity index is 142. The quantitative estimate of drug-likeness (QED) is 0.540. The number of ketones is 1. The molecule has 0 bridgehead atoms. The lowest BCUT2D eigenvalue weighted by Gasteiger charge is -2.03. The molecule has 0 spiro atoms. The molecule has 1 rings (SSSR count). The van der Waals surface area contributed by atoms with E-state index in [1.165, 1.54) is 0 Å². The molecule has 0 heterocycles. The van der Waals surface area contributed by atoms with Crippen molar-refractivity contribution in [2.45, 2.75) is 19.3 Å². The predicted octanol–water partition coefficient (Wildman–Crippen LogP) is 0.529. The average Bonchev–Trinajstić information content (AvgIpc) is 2.31. The Morgan fingerprint density at radius 1 is 1.70 bits per heavy atom. The summed E-state index contributed by atoms with van der Waals surface area (Å²) < 4.78 is 4.49. The highest BCUT2D eigenvalue weighted by Gasteiger charge is 2.24. The highest BCUT2D eigenvalue weighted by Crippen LogP contribution is 2.20. The Morgan fingerprint density at radius 3 is 3.00 bits per heavy atom. The Balaban J connectivity index is 2.26. The van der Waals surface area contributed by atoms with Gasteiger partial charge in [-0.05, 0) is 12.8 Å². The zero-order chi connectivity index (χ0) is 7.40. The van der Waals surface area contributed by atoms with Gasteiger partial charge < -0.3 is 4.74 Å². The fourth-order valence-corrected chi connectivity index (χ4v) is 1.22. The third kappa shape index (κ3) is 1.56. The molecule has 1 fully saturated rings. The first-order chi connectivity index (χ1) is 4.84. The molecule has 0 saturated heterocycles. The minimum atomic E-state index is -0.00907. The maximum Gasteiger partial charge on any atom is 0.293 e. The number of carbonyl (C=O) groups excluding carboxylic acids is 2. The van der Waals surface area contributed by atoms with Gasteiger partial charge in [0, 0.05) is 6.42 Å².